The van der Waals surface area contributed by atoms with E-state index in [1.807, 2.05) is 0 Å². The first-order valence-corrected chi connectivity index (χ1v) is 7.98. The van der Waals surface area contributed by atoms with Crippen molar-refractivity contribution in [2.24, 2.45) is 5.92 Å². The van der Waals surface area contributed by atoms with Gasteiger partial charge in [-0.05, 0) is 30.4 Å². The molecule has 0 amide bonds. The van der Waals surface area contributed by atoms with Crippen LogP contribution in [0, 0.1) is 5.92 Å². The summed E-state index contributed by atoms with van der Waals surface area (Å²) in [7, 11) is 0. The van der Waals surface area contributed by atoms with Crippen LogP contribution < -0.4 is 0 Å². The molecule has 1 aliphatic carbocycles. The second-order valence-electron chi connectivity index (χ2n) is 6.30. The summed E-state index contributed by atoms with van der Waals surface area (Å²) in [5.41, 5.74) is 2.44. The zero-order valence-electron chi connectivity index (χ0n) is 12.6. The van der Waals surface area contributed by atoms with Crippen LogP contribution in [0.3, 0.4) is 0 Å². The van der Waals surface area contributed by atoms with Crippen LogP contribution in [0.25, 0.3) is 10.9 Å². The van der Waals surface area contributed by atoms with Crippen molar-refractivity contribution in [3.05, 3.63) is 36.0 Å². The Morgan fingerprint density at radius 1 is 1.29 bits per heavy atom. The Hall–Kier alpha value is -1.77. The largest absolute Gasteiger partial charge is 0.481 e. The number of carboxylic acids is 1. The van der Waals surface area contributed by atoms with Crippen molar-refractivity contribution in [1.82, 2.24) is 4.57 Å². The van der Waals surface area contributed by atoms with Crippen LogP contribution in [0.4, 0.5) is 0 Å². The molecule has 1 fully saturated rings. The first kappa shape index (κ1) is 14.2. The number of hydrogen-bond acceptors (Lipinski definition) is 1. The summed E-state index contributed by atoms with van der Waals surface area (Å²) in [4.78, 5) is 11.2. The fraction of sp³-hybridized carbons (Fsp3) is 0.500. The average Bonchev–Trinajstić information content (AvgIpc) is 2.85. The number of benzene rings is 1. The molecule has 0 bridgehead atoms. The van der Waals surface area contributed by atoms with Gasteiger partial charge in [0.15, 0.2) is 0 Å². The minimum absolute atomic E-state index is 0.336. The maximum Gasteiger partial charge on any atom is 0.306 e. The molecule has 3 heteroatoms. The van der Waals surface area contributed by atoms with Gasteiger partial charge in [-0.15, -0.1) is 0 Å². The quantitative estimate of drug-likeness (QED) is 0.904. The summed E-state index contributed by atoms with van der Waals surface area (Å²) < 4.78 is 2.42. The monoisotopic (exact) mass is 285 g/mol. The third-order valence-corrected chi connectivity index (χ3v) is 4.70. The Morgan fingerprint density at radius 2 is 2.00 bits per heavy atom. The summed E-state index contributed by atoms with van der Waals surface area (Å²) in [6, 6.07) is 11.1. The van der Waals surface area contributed by atoms with E-state index >= 15 is 0 Å². The molecule has 1 N–H and O–H groups in total. The molecule has 0 radical (unpaired) electrons. The van der Waals surface area contributed by atoms with Crippen LogP contribution in [0.5, 0.6) is 0 Å². The van der Waals surface area contributed by atoms with Crippen LogP contribution in [0.2, 0.25) is 0 Å². The van der Waals surface area contributed by atoms with Crippen molar-refractivity contribution in [1.29, 1.82) is 0 Å². The van der Waals surface area contributed by atoms with E-state index in [0.29, 0.717) is 12.5 Å². The van der Waals surface area contributed by atoms with Crippen molar-refractivity contribution in [2.45, 2.75) is 51.5 Å². The van der Waals surface area contributed by atoms with Gasteiger partial charge in [-0.3, -0.25) is 4.79 Å². The van der Waals surface area contributed by atoms with Crippen LogP contribution in [0.1, 0.15) is 50.8 Å². The van der Waals surface area contributed by atoms with E-state index < -0.39 is 5.97 Å². The van der Waals surface area contributed by atoms with Crippen molar-refractivity contribution in [3.63, 3.8) is 0 Å². The predicted octanol–water partition coefficient (Wildman–Crippen LogP) is 4.41. The molecule has 3 nitrogen and oxygen atoms in total. The molecule has 1 aromatic carbocycles. The lowest BCUT2D eigenvalue weighted by Gasteiger charge is -2.27. The van der Waals surface area contributed by atoms with Crippen molar-refractivity contribution in [3.8, 4) is 0 Å². The van der Waals surface area contributed by atoms with Crippen molar-refractivity contribution < 1.29 is 9.90 Å². The van der Waals surface area contributed by atoms with Gasteiger partial charge in [-0.25, -0.2) is 0 Å². The average molecular weight is 285 g/mol. The lowest BCUT2D eigenvalue weighted by Crippen LogP contribution is -2.19. The Morgan fingerprint density at radius 3 is 2.71 bits per heavy atom. The summed E-state index contributed by atoms with van der Waals surface area (Å²) in [5.74, 6) is -1.05. The number of aromatic nitrogens is 1. The highest BCUT2D eigenvalue weighted by molar-refractivity contribution is 5.81. The molecule has 21 heavy (non-hydrogen) atoms. The van der Waals surface area contributed by atoms with Crippen LogP contribution in [-0.4, -0.2) is 15.6 Å². The third-order valence-electron chi connectivity index (χ3n) is 4.70. The number of carboxylic acid groups (broad SMARTS) is 1. The van der Waals surface area contributed by atoms with E-state index in [2.05, 4.69) is 34.9 Å². The topological polar surface area (TPSA) is 42.2 Å². The molecular weight excluding hydrogens is 262 g/mol. The predicted molar refractivity (Wildman–Crippen MR) is 84.6 cm³/mol. The van der Waals surface area contributed by atoms with Gasteiger partial charge in [-0.2, -0.15) is 0 Å². The smallest absolute Gasteiger partial charge is 0.306 e. The van der Waals surface area contributed by atoms with Crippen molar-refractivity contribution in [2.75, 3.05) is 0 Å². The number of nitrogens with zero attached hydrogens (tertiary/aromatic N) is 1. The first-order chi connectivity index (χ1) is 10.2. The Balaban J connectivity index is 2.02. The summed E-state index contributed by atoms with van der Waals surface area (Å²) >= 11 is 0. The van der Waals surface area contributed by atoms with Gasteiger partial charge in [0, 0.05) is 23.7 Å². The van der Waals surface area contributed by atoms with E-state index in [1.54, 1.807) is 6.92 Å². The highest BCUT2D eigenvalue weighted by Gasteiger charge is 2.22. The van der Waals surface area contributed by atoms with Gasteiger partial charge in [-0.1, -0.05) is 44.4 Å². The third kappa shape index (κ3) is 2.82. The molecule has 1 aliphatic rings. The van der Waals surface area contributed by atoms with Gasteiger partial charge < -0.3 is 9.67 Å². The molecule has 112 valence electrons. The molecule has 0 saturated heterocycles. The molecule has 1 aromatic heterocycles. The fourth-order valence-corrected chi connectivity index (χ4v) is 3.56. The SMILES string of the molecule is CC(Cc1cc2ccccc2n1C1CCCCC1)C(=O)O. The van der Waals surface area contributed by atoms with Gasteiger partial charge in [0.25, 0.3) is 0 Å². The molecular formula is C18H23NO2. The second-order valence-corrected chi connectivity index (χ2v) is 6.30. The molecule has 0 spiro atoms. The number of carbonyl (C=O) groups is 1. The van der Waals surface area contributed by atoms with E-state index in [9.17, 15) is 9.90 Å². The second kappa shape index (κ2) is 5.92. The number of hydrogen-bond donors (Lipinski definition) is 1. The maximum absolute atomic E-state index is 11.2. The lowest BCUT2D eigenvalue weighted by atomic mass is 9.94. The Labute approximate surface area is 125 Å². The summed E-state index contributed by atoms with van der Waals surface area (Å²) in [6.07, 6.45) is 6.94. The van der Waals surface area contributed by atoms with E-state index in [0.717, 1.165) is 0 Å². The minimum atomic E-state index is -0.713. The van der Waals surface area contributed by atoms with Crippen LogP contribution in [0.15, 0.2) is 30.3 Å². The maximum atomic E-state index is 11.2. The molecule has 1 unspecified atom stereocenters. The van der Waals surface area contributed by atoms with Crippen LogP contribution in [-0.2, 0) is 11.2 Å². The van der Waals surface area contributed by atoms with Gasteiger partial charge in [0.2, 0.25) is 0 Å². The molecule has 3 rings (SSSR count). The van der Waals surface area contributed by atoms with Gasteiger partial charge in [0.05, 0.1) is 5.92 Å². The Kier molecular flexibility index (Phi) is 4.00. The summed E-state index contributed by atoms with van der Waals surface area (Å²) in [5, 5.41) is 10.4. The fourth-order valence-electron chi connectivity index (χ4n) is 3.56. The molecule has 1 atom stereocenters. The molecule has 1 heterocycles. The molecule has 1 saturated carbocycles. The first-order valence-electron chi connectivity index (χ1n) is 7.98. The highest BCUT2D eigenvalue weighted by Crippen LogP contribution is 2.34. The number of aliphatic carboxylic acids is 1. The van der Waals surface area contributed by atoms with E-state index in [4.69, 9.17) is 0 Å². The number of rotatable bonds is 4. The standard InChI is InChI=1S/C18H23NO2/c1-13(18(20)21)11-16-12-14-7-5-6-10-17(14)19(16)15-8-3-2-4-9-15/h5-7,10,12-13,15H,2-4,8-9,11H2,1H3,(H,20,21). The highest BCUT2D eigenvalue weighted by atomic mass is 16.4. The summed E-state index contributed by atoms with van der Waals surface area (Å²) in [6.45, 7) is 1.80. The number of fused-ring (bicyclic) bond motifs is 1. The minimum Gasteiger partial charge on any atom is -0.481 e. The normalized spacial score (nSPS) is 18.0. The van der Waals surface area contributed by atoms with Crippen LogP contribution >= 0.6 is 0 Å². The van der Waals surface area contributed by atoms with E-state index in [1.165, 1.54) is 48.7 Å². The van der Waals surface area contributed by atoms with Gasteiger partial charge >= 0.3 is 5.97 Å². The molecule has 0 aliphatic heterocycles. The van der Waals surface area contributed by atoms with E-state index in [-0.39, 0.29) is 5.92 Å². The molecule has 2 aromatic rings. The zero-order chi connectivity index (χ0) is 14.8. The van der Waals surface area contributed by atoms with Gasteiger partial charge in [0.1, 0.15) is 0 Å². The van der Waals surface area contributed by atoms with Crippen molar-refractivity contribution >= 4 is 16.9 Å². The lowest BCUT2D eigenvalue weighted by molar-refractivity contribution is -0.141. The number of para-hydroxylation sites is 1. The zero-order valence-corrected chi connectivity index (χ0v) is 12.6. The Bertz CT molecular complexity index is 638.